The van der Waals surface area contributed by atoms with E-state index in [1.165, 1.54) is 24.3 Å². The molecular formula is C24H26N2O4S2. The molecule has 1 saturated carbocycles. The van der Waals surface area contributed by atoms with Crippen molar-refractivity contribution in [1.82, 2.24) is 9.44 Å². The van der Waals surface area contributed by atoms with Crippen LogP contribution in [-0.4, -0.2) is 29.4 Å². The Morgan fingerprint density at radius 3 is 1.78 bits per heavy atom. The first kappa shape index (κ1) is 22.7. The molecule has 0 spiro atoms. The molecule has 0 atom stereocenters. The number of hydrogen-bond acceptors (Lipinski definition) is 4. The van der Waals surface area contributed by atoms with Crippen LogP contribution in [0, 0.1) is 0 Å². The normalized spacial score (nSPS) is 14.5. The fraction of sp³-hybridized carbons (Fsp3) is 0.250. The molecule has 32 heavy (non-hydrogen) atoms. The van der Waals surface area contributed by atoms with Gasteiger partial charge < -0.3 is 0 Å². The summed E-state index contributed by atoms with van der Waals surface area (Å²) in [6, 6.07) is 25.3. The monoisotopic (exact) mass is 470 g/mol. The molecule has 0 radical (unpaired) electrons. The Morgan fingerprint density at radius 2 is 1.25 bits per heavy atom. The van der Waals surface area contributed by atoms with Crippen molar-refractivity contribution in [1.29, 1.82) is 0 Å². The molecule has 4 rings (SSSR count). The van der Waals surface area contributed by atoms with E-state index in [1.807, 2.05) is 60.7 Å². The highest BCUT2D eigenvalue weighted by Gasteiger charge is 2.28. The van der Waals surface area contributed by atoms with Crippen LogP contribution in [0.25, 0.3) is 0 Å². The van der Waals surface area contributed by atoms with Gasteiger partial charge in [0.05, 0.1) is 9.79 Å². The van der Waals surface area contributed by atoms with E-state index in [0.29, 0.717) is 6.42 Å². The predicted octanol–water partition coefficient (Wildman–Crippen LogP) is 3.63. The zero-order chi connectivity index (χ0) is 22.6. The highest BCUT2D eigenvalue weighted by atomic mass is 32.2. The van der Waals surface area contributed by atoms with Gasteiger partial charge in [0.2, 0.25) is 20.0 Å². The van der Waals surface area contributed by atoms with Crippen molar-refractivity contribution in [3.8, 4) is 0 Å². The third-order valence-corrected chi connectivity index (χ3v) is 8.43. The molecule has 0 aromatic heterocycles. The van der Waals surface area contributed by atoms with Crippen molar-refractivity contribution >= 4 is 20.0 Å². The van der Waals surface area contributed by atoms with Crippen molar-refractivity contribution in [2.45, 2.75) is 41.0 Å². The first-order valence-corrected chi connectivity index (χ1v) is 13.5. The molecule has 0 heterocycles. The van der Waals surface area contributed by atoms with Crippen molar-refractivity contribution in [2.24, 2.45) is 0 Å². The summed E-state index contributed by atoms with van der Waals surface area (Å²) in [5, 5.41) is 0. The zero-order valence-electron chi connectivity index (χ0n) is 17.5. The van der Waals surface area contributed by atoms with Crippen LogP contribution < -0.4 is 9.44 Å². The Labute approximate surface area is 189 Å². The Hall–Kier alpha value is -2.52. The third-order valence-electron chi connectivity index (χ3n) is 5.45. The van der Waals surface area contributed by atoms with E-state index >= 15 is 0 Å². The molecule has 0 saturated heterocycles. The minimum Gasteiger partial charge on any atom is -0.211 e. The Morgan fingerprint density at radius 1 is 0.719 bits per heavy atom. The summed E-state index contributed by atoms with van der Waals surface area (Å²) in [5.74, 6) is 0.0366. The number of sulfonamides is 2. The maximum Gasteiger partial charge on any atom is 0.240 e. The van der Waals surface area contributed by atoms with E-state index < -0.39 is 20.0 Å². The lowest BCUT2D eigenvalue weighted by molar-refractivity contribution is 0.574. The number of benzene rings is 3. The molecule has 8 heteroatoms. The van der Waals surface area contributed by atoms with Crippen molar-refractivity contribution < 1.29 is 16.8 Å². The van der Waals surface area contributed by atoms with Gasteiger partial charge in [-0.1, -0.05) is 66.7 Å². The lowest BCUT2D eigenvalue weighted by Crippen LogP contribution is -2.28. The second-order valence-electron chi connectivity index (χ2n) is 7.93. The van der Waals surface area contributed by atoms with Crippen molar-refractivity contribution in [3.05, 3.63) is 96.1 Å². The molecule has 0 unspecified atom stereocenters. The summed E-state index contributed by atoms with van der Waals surface area (Å²) < 4.78 is 55.9. The predicted molar refractivity (Wildman–Crippen MR) is 124 cm³/mol. The van der Waals surface area contributed by atoms with Crippen LogP contribution in [0.3, 0.4) is 0 Å². The van der Waals surface area contributed by atoms with Gasteiger partial charge in [0, 0.05) is 18.5 Å². The molecule has 1 aliphatic rings. The highest BCUT2D eigenvalue weighted by molar-refractivity contribution is 7.90. The largest absolute Gasteiger partial charge is 0.240 e. The van der Waals surface area contributed by atoms with Crippen LogP contribution in [0.2, 0.25) is 0 Å². The molecule has 1 fully saturated rings. The maximum atomic E-state index is 12.9. The minimum atomic E-state index is -3.86. The number of rotatable bonds is 10. The summed E-state index contributed by atoms with van der Waals surface area (Å²) in [6.07, 6.45) is 2.18. The Bertz CT molecular complexity index is 1220. The lowest BCUT2D eigenvalue weighted by atomic mass is 9.89. The van der Waals surface area contributed by atoms with Gasteiger partial charge in [-0.15, -0.1) is 0 Å². The van der Waals surface area contributed by atoms with Crippen LogP contribution in [0.15, 0.2) is 94.7 Å². The fourth-order valence-electron chi connectivity index (χ4n) is 3.61. The van der Waals surface area contributed by atoms with Gasteiger partial charge in [-0.3, -0.25) is 0 Å². The van der Waals surface area contributed by atoms with Crippen LogP contribution in [0.1, 0.15) is 36.3 Å². The first-order chi connectivity index (χ1) is 15.4. The average Bonchev–Trinajstić information content (AvgIpc) is 3.61. The molecule has 0 bridgehead atoms. The fourth-order valence-corrected chi connectivity index (χ4v) is 6.13. The van der Waals surface area contributed by atoms with Gasteiger partial charge in [-0.25, -0.2) is 26.3 Å². The zero-order valence-corrected chi connectivity index (χ0v) is 19.1. The van der Waals surface area contributed by atoms with E-state index in [-0.39, 0.29) is 28.3 Å². The summed E-state index contributed by atoms with van der Waals surface area (Å²) in [7, 11) is -7.59. The molecule has 6 nitrogen and oxygen atoms in total. The van der Waals surface area contributed by atoms with Gasteiger partial charge in [-0.2, -0.15) is 0 Å². The summed E-state index contributed by atoms with van der Waals surface area (Å²) in [5.41, 5.74) is 2.22. The second kappa shape index (κ2) is 9.54. The van der Waals surface area contributed by atoms with Gasteiger partial charge in [0.1, 0.15) is 0 Å². The lowest BCUT2D eigenvalue weighted by Gasteiger charge is -2.18. The maximum absolute atomic E-state index is 12.9. The van der Waals surface area contributed by atoms with E-state index in [2.05, 4.69) is 9.44 Å². The van der Waals surface area contributed by atoms with Crippen LogP contribution in [0.4, 0.5) is 0 Å². The first-order valence-electron chi connectivity index (χ1n) is 10.6. The standard InChI is InChI=1S/C24H26N2O4S2/c27-31(28,22-12-7-13-23(18-22)32(29,30)26-21-14-15-21)25-17-16-24(19-8-3-1-4-9-19)20-10-5-2-6-11-20/h1-13,18,21,24-26H,14-17H2. The molecule has 3 aromatic rings. The topological polar surface area (TPSA) is 92.3 Å². The molecule has 3 aromatic carbocycles. The highest BCUT2D eigenvalue weighted by Crippen LogP contribution is 2.28. The van der Waals surface area contributed by atoms with E-state index in [1.54, 1.807) is 0 Å². The third kappa shape index (κ3) is 5.63. The molecule has 0 amide bonds. The smallest absolute Gasteiger partial charge is 0.211 e. The minimum absolute atomic E-state index is 0.0366. The van der Waals surface area contributed by atoms with Gasteiger partial charge in [0.25, 0.3) is 0 Å². The SMILES string of the molecule is O=S(=O)(NCCC(c1ccccc1)c1ccccc1)c1cccc(S(=O)(=O)NC2CC2)c1. The van der Waals surface area contributed by atoms with Crippen LogP contribution in [-0.2, 0) is 20.0 Å². The van der Waals surface area contributed by atoms with E-state index in [4.69, 9.17) is 0 Å². The van der Waals surface area contributed by atoms with Crippen LogP contribution >= 0.6 is 0 Å². The Kier molecular flexibility index (Phi) is 6.76. The Balaban J connectivity index is 1.48. The van der Waals surface area contributed by atoms with Gasteiger partial charge >= 0.3 is 0 Å². The number of hydrogen-bond donors (Lipinski definition) is 2. The average molecular weight is 471 g/mol. The molecule has 2 N–H and O–H groups in total. The quantitative estimate of drug-likeness (QED) is 0.473. The van der Waals surface area contributed by atoms with Crippen molar-refractivity contribution in [3.63, 3.8) is 0 Å². The molecule has 0 aliphatic heterocycles. The van der Waals surface area contributed by atoms with Gasteiger partial charge in [0.15, 0.2) is 0 Å². The van der Waals surface area contributed by atoms with Gasteiger partial charge in [-0.05, 0) is 48.6 Å². The summed E-state index contributed by atoms with van der Waals surface area (Å²) in [6.45, 7) is 0.216. The number of nitrogens with one attached hydrogen (secondary N) is 2. The van der Waals surface area contributed by atoms with Crippen LogP contribution in [0.5, 0.6) is 0 Å². The van der Waals surface area contributed by atoms with Crippen molar-refractivity contribution in [2.75, 3.05) is 6.54 Å². The summed E-state index contributed by atoms with van der Waals surface area (Å²) in [4.78, 5) is -0.106. The molecule has 1 aliphatic carbocycles. The molecular weight excluding hydrogens is 444 g/mol. The van der Waals surface area contributed by atoms with E-state index in [9.17, 15) is 16.8 Å². The van der Waals surface area contributed by atoms with E-state index in [0.717, 1.165) is 24.0 Å². The molecule has 168 valence electrons. The second-order valence-corrected chi connectivity index (χ2v) is 11.4. The summed E-state index contributed by atoms with van der Waals surface area (Å²) >= 11 is 0.